The second kappa shape index (κ2) is 10.5. The van der Waals surface area contributed by atoms with E-state index in [2.05, 4.69) is 30.2 Å². The van der Waals surface area contributed by atoms with Crippen LogP contribution in [0.1, 0.15) is 43.2 Å². The maximum atomic E-state index is 11.9. The van der Waals surface area contributed by atoms with Gasteiger partial charge in [-0.05, 0) is 56.4 Å². The first-order chi connectivity index (χ1) is 11.0. The molecule has 1 amide bonds. The standard InChI is InChI=1S/C18H28N4O.HI/c1-14-11-15(2)13-16(12-14)21-18(19)20-8-6-10-22-9-5-3-4-7-17(22)23;/h11-13H,3-10H2,1-2H3,(H3,19,20,21);1H. The third-order valence-electron chi connectivity index (χ3n) is 4.03. The third kappa shape index (κ3) is 7.07. The molecule has 1 aromatic carbocycles. The Kier molecular flexibility index (Phi) is 9.10. The molecule has 2 rings (SSSR count). The molecule has 0 spiro atoms. The van der Waals surface area contributed by atoms with Crippen LogP contribution < -0.4 is 11.1 Å². The number of amides is 1. The van der Waals surface area contributed by atoms with Crippen molar-refractivity contribution < 1.29 is 4.79 Å². The SMILES string of the molecule is Cc1cc(C)cc(NC(N)=NCCCN2CCCCCC2=O)c1.I. The molecule has 6 heteroatoms. The first-order valence-electron chi connectivity index (χ1n) is 8.47. The van der Waals surface area contributed by atoms with Gasteiger partial charge in [0.25, 0.3) is 0 Å². The lowest BCUT2D eigenvalue weighted by Crippen LogP contribution is -2.31. The van der Waals surface area contributed by atoms with E-state index >= 15 is 0 Å². The summed E-state index contributed by atoms with van der Waals surface area (Å²) < 4.78 is 0. The van der Waals surface area contributed by atoms with Gasteiger partial charge in [0, 0.05) is 31.7 Å². The summed E-state index contributed by atoms with van der Waals surface area (Å²) in [6, 6.07) is 6.22. The van der Waals surface area contributed by atoms with Gasteiger partial charge in [0.2, 0.25) is 5.91 Å². The van der Waals surface area contributed by atoms with Gasteiger partial charge < -0.3 is 16.0 Å². The van der Waals surface area contributed by atoms with Crippen molar-refractivity contribution in [2.75, 3.05) is 25.0 Å². The fraction of sp³-hybridized carbons (Fsp3) is 0.556. The molecule has 0 aliphatic carbocycles. The van der Waals surface area contributed by atoms with E-state index in [1.165, 1.54) is 11.1 Å². The van der Waals surface area contributed by atoms with Crippen LogP contribution in [0, 0.1) is 13.8 Å². The van der Waals surface area contributed by atoms with Gasteiger partial charge >= 0.3 is 0 Å². The number of aryl methyl sites for hydroxylation is 2. The third-order valence-corrected chi connectivity index (χ3v) is 4.03. The fourth-order valence-electron chi connectivity index (χ4n) is 2.97. The van der Waals surface area contributed by atoms with Gasteiger partial charge in [0.15, 0.2) is 5.96 Å². The highest BCUT2D eigenvalue weighted by Gasteiger charge is 2.15. The average molecular weight is 444 g/mol. The molecule has 0 aromatic heterocycles. The molecular weight excluding hydrogens is 415 g/mol. The molecule has 24 heavy (non-hydrogen) atoms. The first kappa shape index (κ1) is 20.7. The number of aliphatic imine (C=N–C) groups is 1. The Morgan fingerprint density at radius 1 is 1.21 bits per heavy atom. The number of carbonyl (C=O) groups is 1. The molecule has 0 atom stereocenters. The van der Waals surface area contributed by atoms with E-state index in [1.54, 1.807) is 0 Å². The Morgan fingerprint density at radius 3 is 2.62 bits per heavy atom. The number of halogens is 1. The second-order valence-electron chi connectivity index (χ2n) is 6.31. The van der Waals surface area contributed by atoms with E-state index in [1.807, 2.05) is 17.0 Å². The molecule has 0 radical (unpaired) electrons. The van der Waals surface area contributed by atoms with Crippen molar-refractivity contribution in [3.8, 4) is 0 Å². The summed E-state index contributed by atoms with van der Waals surface area (Å²) in [4.78, 5) is 18.2. The second-order valence-corrected chi connectivity index (χ2v) is 6.31. The van der Waals surface area contributed by atoms with Gasteiger partial charge in [-0.25, -0.2) is 0 Å². The predicted octanol–water partition coefficient (Wildman–Crippen LogP) is 3.44. The number of hydrogen-bond donors (Lipinski definition) is 2. The first-order valence-corrected chi connectivity index (χ1v) is 8.47. The number of likely N-dealkylation sites (tertiary alicyclic amines) is 1. The van der Waals surface area contributed by atoms with Crippen molar-refractivity contribution in [2.24, 2.45) is 10.7 Å². The molecular formula is C18H29IN4O. The Hall–Kier alpha value is -1.31. The number of nitrogens with two attached hydrogens (primary N) is 1. The van der Waals surface area contributed by atoms with Crippen molar-refractivity contribution in [3.63, 3.8) is 0 Å². The quantitative estimate of drug-likeness (QED) is 0.316. The van der Waals surface area contributed by atoms with Crippen LogP contribution in [0.4, 0.5) is 5.69 Å². The van der Waals surface area contributed by atoms with E-state index in [0.717, 1.165) is 44.5 Å². The smallest absolute Gasteiger partial charge is 0.222 e. The number of anilines is 1. The molecule has 0 bridgehead atoms. The van der Waals surface area contributed by atoms with Crippen LogP contribution in [-0.4, -0.2) is 36.4 Å². The molecule has 1 aromatic rings. The molecule has 1 aliphatic rings. The molecule has 134 valence electrons. The molecule has 3 N–H and O–H groups in total. The summed E-state index contributed by atoms with van der Waals surface area (Å²) >= 11 is 0. The lowest BCUT2D eigenvalue weighted by molar-refractivity contribution is -0.130. The number of carbonyl (C=O) groups excluding carboxylic acids is 1. The molecule has 1 saturated heterocycles. The Bertz CT molecular complexity index is 554. The van der Waals surface area contributed by atoms with E-state index in [-0.39, 0.29) is 29.9 Å². The highest BCUT2D eigenvalue weighted by atomic mass is 127. The molecule has 5 nitrogen and oxygen atoms in total. The van der Waals surface area contributed by atoms with Gasteiger partial charge in [-0.2, -0.15) is 0 Å². The maximum Gasteiger partial charge on any atom is 0.222 e. The number of benzene rings is 1. The lowest BCUT2D eigenvalue weighted by atomic mass is 10.1. The number of nitrogens with zero attached hydrogens (tertiary/aromatic N) is 2. The molecule has 0 unspecified atom stereocenters. The summed E-state index contributed by atoms with van der Waals surface area (Å²) in [6.45, 7) is 6.42. The highest BCUT2D eigenvalue weighted by molar-refractivity contribution is 14.0. The zero-order valence-electron chi connectivity index (χ0n) is 14.7. The minimum Gasteiger partial charge on any atom is -0.370 e. The Morgan fingerprint density at radius 2 is 1.92 bits per heavy atom. The van der Waals surface area contributed by atoms with Crippen molar-refractivity contribution in [2.45, 2.75) is 46.0 Å². The Labute approximate surface area is 162 Å². The van der Waals surface area contributed by atoms with Crippen LogP contribution in [0.2, 0.25) is 0 Å². The summed E-state index contributed by atoms with van der Waals surface area (Å²) in [7, 11) is 0. The van der Waals surface area contributed by atoms with Crippen LogP contribution in [-0.2, 0) is 4.79 Å². The predicted molar refractivity (Wildman–Crippen MR) is 111 cm³/mol. The van der Waals surface area contributed by atoms with E-state index < -0.39 is 0 Å². The Balaban J connectivity index is 0.00000288. The topological polar surface area (TPSA) is 70.7 Å². The molecule has 1 aliphatic heterocycles. The van der Waals surface area contributed by atoms with Crippen LogP contribution >= 0.6 is 24.0 Å². The number of guanidine groups is 1. The van der Waals surface area contributed by atoms with Crippen molar-refractivity contribution >= 4 is 41.5 Å². The van der Waals surface area contributed by atoms with E-state index in [4.69, 9.17) is 5.73 Å². The minimum atomic E-state index is 0. The normalized spacial score (nSPS) is 15.7. The number of nitrogens with one attached hydrogen (secondary N) is 1. The van der Waals surface area contributed by atoms with E-state index in [9.17, 15) is 4.79 Å². The fourth-order valence-corrected chi connectivity index (χ4v) is 2.97. The zero-order valence-corrected chi connectivity index (χ0v) is 17.0. The monoisotopic (exact) mass is 444 g/mol. The van der Waals surface area contributed by atoms with Gasteiger partial charge in [0.1, 0.15) is 0 Å². The van der Waals surface area contributed by atoms with Crippen LogP contribution in [0.25, 0.3) is 0 Å². The van der Waals surface area contributed by atoms with Gasteiger partial charge in [-0.3, -0.25) is 9.79 Å². The maximum absolute atomic E-state index is 11.9. The lowest BCUT2D eigenvalue weighted by Gasteiger charge is -2.19. The van der Waals surface area contributed by atoms with Gasteiger partial charge in [-0.15, -0.1) is 24.0 Å². The zero-order chi connectivity index (χ0) is 16.7. The van der Waals surface area contributed by atoms with Crippen LogP contribution in [0.5, 0.6) is 0 Å². The van der Waals surface area contributed by atoms with E-state index in [0.29, 0.717) is 18.9 Å². The molecule has 1 heterocycles. The molecule has 1 fully saturated rings. The van der Waals surface area contributed by atoms with Crippen molar-refractivity contribution in [3.05, 3.63) is 29.3 Å². The van der Waals surface area contributed by atoms with Crippen molar-refractivity contribution in [1.29, 1.82) is 0 Å². The van der Waals surface area contributed by atoms with Crippen molar-refractivity contribution in [1.82, 2.24) is 4.90 Å². The minimum absolute atomic E-state index is 0. The number of rotatable bonds is 5. The summed E-state index contributed by atoms with van der Waals surface area (Å²) in [5, 5.41) is 3.13. The summed E-state index contributed by atoms with van der Waals surface area (Å²) in [5.74, 6) is 0.713. The number of hydrogen-bond acceptors (Lipinski definition) is 2. The summed E-state index contributed by atoms with van der Waals surface area (Å²) in [5.41, 5.74) is 9.29. The average Bonchev–Trinajstić information content (AvgIpc) is 2.67. The highest BCUT2D eigenvalue weighted by Crippen LogP contribution is 2.13. The largest absolute Gasteiger partial charge is 0.370 e. The summed E-state index contributed by atoms with van der Waals surface area (Å²) in [6.07, 6.45) is 4.85. The van der Waals surface area contributed by atoms with Crippen LogP contribution in [0.15, 0.2) is 23.2 Å². The van der Waals surface area contributed by atoms with Gasteiger partial charge in [0.05, 0.1) is 0 Å². The molecule has 0 saturated carbocycles. The van der Waals surface area contributed by atoms with Crippen LogP contribution in [0.3, 0.4) is 0 Å². The van der Waals surface area contributed by atoms with Gasteiger partial charge in [-0.1, -0.05) is 12.5 Å².